The number of halogens is 2. The molecule has 4 nitrogen and oxygen atoms in total. The van der Waals surface area contributed by atoms with Crippen molar-refractivity contribution in [1.82, 2.24) is 4.98 Å². The summed E-state index contributed by atoms with van der Waals surface area (Å²) in [4.78, 5) is 16.1. The predicted molar refractivity (Wildman–Crippen MR) is 88.1 cm³/mol. The van der Waals surface area contributed by atoms with Crippen molar-refractivity contribution in [3.63, 3.8) is 0 Å². The highest BCUT2D eigenvalue weighted by atomic mass is 35.5. The summed E-state index contributed by atoms with van der Waals surface area (Å²) in [5.74, 6) is -0.692. The first kappa shape index (κ1) is 14.7. The minimum Gasteiger partial charge on any atom is -0.352 e. The van der Waals surface area contributed by atoms with Gasteiger partial charge in [-0.25, -0.2) is 9.37 Å². The fourth-order valence-electron chi connectivity index (χ4n) is 1.88. The number of hydrogen-bond donors (Lipinski definition) is 2. The van der Waals surface area contributed by atoms with E-state index in [9.17, 15) is 9.18 Å². The predicted octanol–water partition coefficient (Wildman–Crippen LogP) is 4.14. The number of anilines is 2. The van der Waals surface area contributed by atoms with Gasteiger partial charge in [0, 0.05) is 11.8 Å². The Morgan fingerprint density at radius 2 is 2.05 bits per heavy atom. The van der Waals surface area contributed by atoms with Gasteiger partial charge in [-0.1, -0.05) is 41.1 Å². The van der Waals surface area contributed by atoms with Crippen molar-refractivity contribution in [2.45, 2.75) is 0 Å². The fraction of sp³-hybridized carbons (Fsp3) is 0.0667. The number of carbonyl (C=O) groups excluding carboxylic acids is 1. The molecule has 0 radical (unpaired) electrons. The van der Waals surface area contributed by atoms with Gasteiger partial charge in [0.15, 0.2) is 5.13 Å². The largest absolute Gasteiger partial charge is 0.352 e. The highest BCUT2D eigenvalue weighted by molar-refractivity contribution is 7.22. The minimum atomic E-state index is -0.507. The molecule has 7 heteroatoms. The number of aromatic nitrogens is 1. The number of nitrogens with zero attached hydrogens (tertiary/aromatic N) is 1. The summed E-state index contributed by atoms with van der Waals surface area (Å²) in [6.45, 7) is 0.0743. The fourth-order valence-corrected chi connectivity index (χ4v) is 2.99. The summed E-state index contributed by atoms with van der Waals surface area (Å²) in [5.41, 5.74) is 1.24. The van der Waals surface area contributed by atoms with Crippen LogP contribution >= 0.6 is 22.9 Å². The number of amides is 1. The summed E-state index contributed by atoms with van der Waals surface area (Å²) in [7, 11) is 0. The van der Waals surface area contributed by atoms with Crippen LogP contribution in [0.25, 0.3) is 10.2 Å². The van der Waals surface area contributed by atoms with E-state index in [1.165, 1.54) is 23.5 Å². The van der Waals surface area contributed by atoms with Crippen LogP contribution < -0.4 is 10.6 Å². The summed E-state index contributed by atoms with van der Waals surface area (Å²) in [6, 6.07) is 12.0. The molecular weight excluding hydrogens is 325 g/mol. The molecular formula is C15H11ClFN3OS. The van der Waals surface area contributed by atoms with Crippen LogP contribution in [0.4, 0.5) is 15.2 Å². The average Bonchev–Trinajstić information content (AvgIpc) is 2.88. The van der Waals surface area contributed by atoms with Gasteiger partial charge in [0.2, 0.25) is 5.91 Å². The van der Waals surface area contributed by atoms with Gasteiger partial charge in [-0.05, 0) is 18.2 Å². The molecule has 3 aromatic rings. The van der Waals surface area contributed by atoms with Crippen molar-refractivity contribution in [2.24, 2.45) is 0 Å². The molecule has 1 aromatic heterocycles. The maximum absolute atomic E-state index is 13.4. The Bertz CT molecular complexity index is 783. The smallest absolute Gasteiger partial charge is 0.243 e. The van der Waals surface area contributed by atoms with Crippen molar-refractivity contribution in [1.29, 1.82) is 0 Å². The van der Waals surface area contributed by atoms with Crippen LogP contribution in [0.2, 0.25) is 5.02 Å². The molecule has 2 N–H and O–H groups in total. The molecule has 1 amide bonds. The molecule has 0 unspecified atom stereocenters. The molecule has 0 bridgehead atoms. The van der Waals surface area contributed by atoms with E-state index < -0.39 is 5.82 Å². The first-order valence-electron chi connectivity index (χ1n) is 6.46. The second-order valence-corrected chi connectivity index (χ2v) is 5.96. The van der Waals surface area contributed by atoms with E-state index in [0.717, 1.165) is 10.4 Å². The van der Waals surface area contributed by atoms with Crippen LogP contribution in [0.5, 0.6) is 0 Å². The third-order valence-electron chi connectivity index (χ3n) is 2.89. The van der Waals surface area contributed by atoms with Crippen LogP contribution in [0, 0.1) is 5.82 Å². The van der Waals surface area contributed by atoms with E-state index in [1.807, 2.05) is 18.2 Å². The zero-order chi connectivity index (χ0) is 15.5. The molecule has 0 fully saturated rings. The molecule has 2 aromatic carbocycles. The third kappa shape index (κ3) is 3.35. The van der Waals surface area contributed by atoms with Crippen LogP contribution in [0.15, 0.2) is 42.5 Å². The normalized spacial score (nSPS) is 10.6. The van der Waals surface area contributed by atoms with Gasteiger partial charge in [0.05, 0.1) is 21.8 Å². The number of thiazole rings is 1. The average molecular weight is 336 g/mol. The van der Waals surface area contributed by atoms with E-state index in [-0.39, 0.29) is 17.5 Å². The Morgan fingerprint density at radius 1 is 1.27 bits per heavy atom. The maximum Gasteiger partial charge on any atom is 0.243 e. The summed E-state index contributed by atoms with van der Waals surface area (Å²) in [6.07, 6.45) is 0. The maximum atomic E-state index is 13.4. The molecule has 0 atom stereocenters. The van der Waals surface area contributed by atoms with E-state index >= 15 is 0 Å². The van der Waals surface area contributed by atoms with E-state index in [1.54, 1.807) is 12.1 Å². The Kier molecular flexibility index (Phi) is 4.22. The van der Waals surface area contributed by atoms with Gasteiger partial charge in [-0.15, -0.1) is 0 Å². The van der Waals surface area contributed by atoms with Gasteiger partial charge >= 0.3 is 0 Å². The van der Waals surface area contributed by atoms with Crippen molar-refractivity contribution >= 4 is 49.9 Å². The summed E-state index contributed by atoms with van der Waals surface area (Å²) < 4.78 is 14.1. The Hall–Kier alpha value is -2.18. The number of carbonyl (C=O) groups is 1. The van der Waals surface area contributed by atoms with Gasteiger partial charge in [0.1, 0.15) is 5.82 Å². The molecule has 0 aliphatic rings. The van der Waals surface area contributed by atoms with Gasteiger partial charge in [-0.2, -0.15) is 0 Å². The lowest BCUT2D eigenvalue weighted by Crippen LogP contribution is -2.21. The molecule has 1 heterocycles. The van der Waals surface area contributed by atoms with Crippen molar-refractivity contribution in [3.05, 3.63) is 53.3 Å². The number of benzene rings is 2. The molecule has 0 saturated heterocycles. The first-order chi connectivity index (χ1) is 10.6. The number of hydrogen-bond acceptors (Lipinski definition) is 4. The van der Waals surface area contributed by atoms with Crippen LogP contribution in [0.1, 0.15) is 0 Å². The SMILES string of the molecule is O=C(CNc1nc2cc(F)c(Cl)cc2s1)Nc1ccccc1. The Balaban J connectivity index is 1.65. The summed E-state index contributed by atoms with van der Waals surface area (Å²) in [5, 5.41) is 6.28. The third-order valence-corrected chi connectivity index (χ3v) is 4.15. The lowest BCUT2D eigenvalue weighted by Gasteiger charge is -2.05. The van der Waals surface area contributed by atoms with Crippen LogP contribution in [-0.4, -0.2) is 17.4 Å². The number of rotatable bonds is 4. The zero-order valence-corrected chi connectivity index (χ0v) is 12.8. The molecule has 0 spiro atoms. The molecule has 112 valence electrons. The van der Waals surface area contributed by atoms with Gasteiger partial charge in [-0.3, -0.25) is 4.79 Å². The second-order valence-electron chi connectivity index (χ2n) is 4.52. The molecule has 3 rings (SSSR count). The lowest BCUT2D eigenvalue weighted by atomic mass is 10.3. The Morgan fingerprint density at radius 3 is 2.82 bits per heavy atom. The van der Waals surface area contributed by atoms with E-state index in [2.05, 4.69) is 15.6 Å². The van der Waals surface area contributed by atoms with Gasteiger partial charge < -0.3 is 10.6 Å². The lowest BCUT2D eigenvalue weighted by molar-refractivity contribution is -0.114. The molecule has 0 aliphatic heterocycles. The summed E-state index contributed by atoms with van der Waals surface area (Å²) >= 11 is 7.05. The molecule has 0 aliphatic carbocycles. The first-order valence-corrected chi connectivity index (χ1v) is 7.65. The number of fused-ring (bicyclic) bond motifs is 1. The Labute approximate surface area is 134 Å². The van der Waals surface area contributed by atoms with Crippen molar-refractivity contribution in [3.8, 4) is 0 Å². The second kappa shape index (κ2) is 6.29. The quantitative estimate of drug-likeness (QED) is 0.753. The highest BCUT2D eigenvalue weighted by Crippen LogP contribution is 2.29. The van der Waals surface area contributed by atoms with E-state index in [0.29, 0.717) is 10.6 Å². The number of nitrogens with one attached hydrogen (secondary N) is 2. The molecule has 0 saturated carbocycles. The standard InChI is InChI=1S/C15H11ClFN3OS/c16-10-6-13-12(7-11(10)17)20-15(22-13)18-8-14(21)19-9-4-2-1-3-5-9/h1-7H,8H2,(H,18,20)(H,19,21). The number of para-hydroxylation sites is 1. The highest BCUT2D eigenvalue weighted by Gasteiger charge is 2.09. The molecule has 22 heavy (non-hydrogen) atoms. The minimum absolute atomic E-state index is 0.0597. The van der Waals surface area contributed by atoms with Crippen molar-refractivity contribution in [2.75, 3.05) is 17.2 Å². The van der Waals surface area contributed by atoms with E-state index in [4.69, 9.17) is 11.6 Å². The van der Waals surface area contributed by atoms with Crippen LogP contribution in [-0.2, 0) is 4.79 Å². The van der Waals surface area contributed by atoms with Crippen LogP contribution in [0.3, 0.4) is 0 Å². The monoisotopic (exact) mass is 335 g/mol. The topological polar surface area (TPSA) is 54.0 Å². The zero-order valence-electron chi connectivity index (χ0n) is 11.3. The van der Waals surface area contributed by atoms with Gasteiger partial charge in [0.25, 0.3) is 0 Å². The van der Waals surface area contributed by atoms with Crippen molar-refractivity contribution < 1.29 is 9.18 Å².